The molecular weight excluding hydrogens is 368 g/mol. The van der Waals surface area contributed by atoms with E-state index in [0.717, 1.165) is 18.4 Å². The van der Waals surface area contributed by atoms with Crippen molar-refractivity contribution < 1.29 is 18.7 Å². The van der Waals surface area contributed by atoms with E-state index < -0.39 is 5.97 Å². The smallest absolute Gasteiger partial charge is 0.339 e. The summed E-state index contributed by atoms with van der Waals surface area (Å²) in [5.41, 5.74) is 1.72. The maximum Gasteiger partial charge on any atom is 0.339 e. The van der Waals surface area contributed by atoms with Gasteiger partial charge >= 0.3 is 5.97 Å². The standard InChI is InChI=1S/C23H22N2O4/c1-15(16-11-12-16)25-21(26)14-28-23(27)19-10-6-5-9-18(19)22-24-13-20(29-22)17-7-3-2-4-8-17/h2-10,13,15-16H,11-12,14H2,1H3,(H,25,26)/t15-/m0/s1. The van der Waals surface area contributed by atoms with E-state index in [-0.39, 0.29) is 18.6 Å². The molecule has 6 heteroatoms. The highest BCUT2D eigenvalue weighted by molar-refractivity contribution is 5.97. The molecule has 29 heavy (non-hydrogen) atoms. The first-order valence-corrected chi connectivity index (χ1v) is 9.69. The van der Waals surface area contributed by atoms with Crippen LogP contribution in [-0.2, 0) is 9.53 Å². The van der Waals surface area contributed by atoms with Gasteiger partial charge in [-0.05, 0) is 37.8 Å². The Kier molecular flexibility index (Phi) is 5.42. The Hall–Kier alpha value is -3.41. The number of rotatable bonds is 7. The van der Waals surface area contributed by atoms with Crippen LogP contribution in [-0.4, -0.2) is 29.5 Å². The first-order chi connectivity index (χ1) is 14.1. The molecule has 1 aliphatic carbocycles. The summed E-state index contributed by atoms with van der Waals surface area (Å²) in [5.74, 6) is 0.589. The highest BCUT2D eigenvalue weighted by atomic mass is 16.5. The van der Waals surface area contributed by atoms with Crippen molar-refractivity contribution in [2.24, 2.45) is 5.92 Å². The lowest BCUT2D eigenvalue weighted by Crippen LogP contribution is -2.37. The number of benzene rings is 2. The second kappa shape index (κ2) is 8.31. The van der Waals surface area contributed by atoms with Crippen LogP contribution >= 0.6 is 0 Å². The van der Waals surface area contributed by atoms with Gasteiger partial charge in [-0.3, -0.25) is 4.79 Å². The maximum atomic E-state index is 12.6. The van der Waals surface area contributed by atoms with E-state index in [0.29, 0.717) is 28.7 Å². The number of amides is 1. The normalized spacial score (nSPS) is 14.2. The van der Waals surface area contributed by atoms with E-state index in [4.69, 9.17) is 9.15 Å². The van der Waals surface area contributed by atoms with Crippen LogP contribution in [0.25, 0.3) is 22.8 Å². The van der Waals surface area contributed by atoms with Gasteiger partial charge in [0.05, 0.1) is 17.3 Å². The maximum absolute atomic E-state index is 12.6. The zero-order chi connectivity index (χ0) is 20.2. The van der Waals surface area contributed by atoms with E-state index in [2.05, 4.69) is 10.3 Å². The molecule has 0 unspecified atom stereocenters. The molecule has 1 N–H and O–H groups in total. The van der Waals surface area contributed by atoms with Crippen molar-refractivity contribution in [3.05, 3.63) is 66.4 Å². The second-order valence-electron chi connectivity index (χ2n) is 7.21. The number of hydrogen-bond acceptors (Lipinski definition) is 5. The Morgan fingerprint density at radius 1 is 1.14 bits per heavy atom. The molecule has 0 radical (unpaired) electrons. The van der Waals surface area contributed by atoms with Crippen molar-refractivity contribution in [2.45, 2.75) is 25.8 Å². The van der Waals surface area contributed by atoms with Crippen LogP contribution in [0.2, 0.25) is 0 Å². The molecule has 1 aromatic heterocycles. The molecule has 2 aromatic carbocycles. The minimum atomic E-state index is -0.589. The summed E-state index contributed by atoms with van der Waals surface area (Å²) in [7, 11) is 0. The zero-order valence-electron chi connectivity index (χ0n) is 16.1. The van der Waals surface area contributed by atoms with Gasteiger partial charge in [0.1, 0.15) is 0 Å². The molecular formula is C23H22N2O4. The predicted octanol–water partition coefficient (Wildman–Crippen LogP) is 4.08. The van der Waals surface area contributed by atoms with Gasteiger partial charge in [-0.2, -0.15) is 0 Å². The number of hydrogen-bond donors (Lipinski definition) is 1. The van der Waals surface area contributed by atoms with Gasteiger partial charge in [0.15, 0.2) is 12.4 Å². The van der Waals surface area contributed by atoms with Gasteiger partial charge in [-0.15, -0.1) is 0 Å². The number of ether oxygens (including phenoxy) is 1. The average molecular weight is 390 g/mol. The SMILES string of the molecule is C[C@H](NC(=O)COC(=O)c1ccccc1-c1ncc(-c2ccccc2)o1)C1CC1. The Bertz CT molecular complexity index is 1010. The Morgan fingerprint density at radius 3 is 2.62 bits per heavy atom. The first-order valence-electron chi connectivity index (χ1n) is 9.69. The third kappa shape index (κ3) is 4.54. The van der Waals surface area contributed by atoms with Crippen molar-refractivity contribution in [2.75, 3.05) is 6.61 Å². The Balaban J connectivity index is 1.46. The molecule has 1 aliphatic rings. The molecule has 6 nitrogen and oxygen atoms in total. The molecule has 0 bridgehead atoms. The van der Waals surface area contributed by atoms with Gasteiger partial charge in [-0.25, -0.2) is 9.78 Å². The molecule has 4 rings (SSSR count). The third-order valence-corrected chi connectivity index (χ3v) is 4.99. The largest absolute Gasteiger partial charge is 0.452 e. The summed E-state index contributed by atoms with van der Waals surface area (Å²) in [6.45, 7) is 1.66. The molecule has 148 valence electrons. The number of aromatic nitrogens is 1. The molecule has 1 heterocycles. The first kappa shape index (κ1) is 18.9. The second-order valence-corrected chi connectivity index (χ2v) is 7.21. The van der Waals surface area contributed by atoms with Crippen molar-refractivity contribution >= 4 is 11.9 Å². The lowest BCUT2D eigenvalue weighted by atomic mass is 10.1. The van der Waals surface area contributed by atoms with Gasteiger partial charge in [0.25, 0.3) is 5.91 Å². The minimum absolute atomic E-state index is 0.109. The van der Waals surface area contributed by atoms with Crippen molar-refractivity contribution in [3.8, 4) is 22.8 Å². The fourth-order valence-electron chi connectivity index (χ4n) is 3.20. The predicted molar refractivity (Wildman–Crippen MR) is 108 cm³/mol. The van der Waals surface area contributed by atoms with Crippen LogP contribution in [0.1, 0.15) is 30.1 Å². The zero-order valence-corrected chi connectivity index (χ0v) is 16.1. The Labute approximate surface area is 168 Å². The average Bonchev–Trinajstić information content (AvgIpc) is 3.49. The number of nitrogens with one attached hydrogen (secondary N) is 1. The van der Waals surface area contributed by atoms with E-state index in [1.54, 1.807) is 30.5 Å². The third-order valence-electron chi connectivity index (χ3n) is 4.99. The molecule has 1 saturated carbocycles. The number of nitrogens with zero attached hydrogens (tertiary/aromatic N) is 1. The Morgan fingerprint density at radius 2 is 1.86 bits per heavy atom. The van der Waals surface area contributed by atoms with Crippen LogP contribution < -0.4 is 5.32 Å². The number of carbonyl (C=O) groups is 2. The van der Waals surface area contributed by atoms with Crippen LogP contribution in [0, 0.1) is 5.92 Å². The van der Waals surface area contributed by atoms with Gasteiger partial charge in [0, 0.05) is 11.6 Å². The van der Waals surface area contributed by atoms with E-state index in [1.165, 1.54) is 0 Å². The molecule has 0 saturated heterocycles. The fraction of sp³-hybridized carbons (Fsp3) is 0.261. The van der Waals surface area contributed by atoms with Gasteiger partial charge in [-0.1, -0.05) is 42.5 Å². The van der Waals surface area contributed by atoms with Gasteiger partial charge in [0.2, 0.25) is 5.89 Å². The van der Waals surface area contributed by atoms with Crippen LogP contribution in [0.3, 0.4) is 0 Å². The lowest BCUT2D eigenvalue weighted by molar-refractivity contribution is -0.124. The van der Waals surface area contributed by atoms with E-state index in [9.17, 15) is 9.59 Å². The van der Waals surface area contributed by atoms with Crippen LogP contribution in [0.15, 0.2) is 65.2 Å². The highest BCUT2D eigenvalue weighted by Crippen LogP contribution is 2.32. The summed E-state index contributed by atoms with van der Waals surface area (Å²) in [6, 6.07) is 16.6. The molecule has 1 atom stereocenters. The van der Waals surface area contributed by atoms with Crippen molar-refractivity contribution in [3.63, 3.8) is 0 Å². The summed E-state index contributed by atoms with van der Waals surface area (Å²) in [6.07, 6.45) is 3.89. The molecule has 0 spiro atoms. The quantitative estimate of drug-likeness (QED) is 0.615. The summed E-state index contributed by atoms with van der Waals surface area (Å²) < 4.78 is 11.1. The topological polar surface area (TPSA) is 81.4 Å². The van der Waals surface area contributed by atoms with Crippen LogP contribution in [0.4, 0.5) is 0 Å². The van der Waals surface area contributed by atoms with E-state index >= 15 is 0 Å². The summed E-state index contributed by atoms with van der Waals surface area (Å²) >= 11 is 0. The molecule has 3 aromatic rings. The van der Waals surface area contributed by atoms with E-state index in [1.807, 2.05) is 37.3 Å². The monoisotopic (exact) mass is 390 g/mol. The molecule has 1 amide bonds. The summed E-state index contributed by atoms with van der Waals surface area (Å²) in [5, 5.41) is 2.87. The summed E-state index contributed by atoms with van der Waals surface area (Å²) in [4.78, 5) is 28.9. The minimum Gasteiger partial charge on any atom is -0.452 e. The molecule has 0 aliphatic heterocycles. The fourth-order valence-corrected chi connectivity index (χ4v) is 3.20. The lowest BCUT2D eigenvalue weighted by Gasteiger charge is -2.13. The number of esters is 1. The van der Waals surface area contributed by atoms with Crippen molar-refractivity contribution in [1.29, 1.82) is 0 Å². The highest BCUT2D eigenvalue weighted by Gasteiger charge is 2.29. The van der Waals surface area contributed by atoms with Crippen molar-refractivity contribution in [1.82, 2.24) is 10.3 Å². The number of carbonyl (C=O) groups excluding carboxylic acids is 2. The number of oxazole rings is 1. The van der Waals surface area contributed by atoms with Crippen LogP contribution in [0.5, 0.6) is 0 Å². The molecule has 1 fully saturated rings. The van der Waals surface area contributed by atoms with Gasteiger partial charge < -0.3 is 14.5 Å².